The maximum atomic E-state index is 9.52. The minimum absolute atomic E-state index is 0.173. The maximum Gasteiger partial charge on any atom is 0.283 e. The SMILES string of the molecule is OCC1CCCCCN1Cc1nnc(-c2ccc(Br)o2)o1. The zero-order chi connectivity index (χ0) is 14.7. The van der Waals surface area contributed by atoms with Gasteiger partial charge in [0, 0.05) is 6.04 Å². The third-order valence-corrected chi connectivity index (χ3v) is 4.23. The number of halogens is 1. The second-order valence-corrected chi connectivity index (χ2v) is 6.04. The number of rotatable bonds is 4. The summed E-state index contributed by atoms with van der Waals surface area (Å²) in [6, 6.07) is 3.75. The molecule has 0 aromatic carbocycles. The Kier molecular flexibility index (Phi) is 4.72. The molecule has 0 saturated carbocycles. The highest BCUT2D eigenvalue weighted by molar-refractivity contribution is 9.10. The Hall–Kier alpha value is -1.18. The van der Waals surface area contributed by atoms with E-state index in [0.29, 0.717) is 28.8 Å². The van der Waals surface area contributed by atoms with Gasteiger partial charge in [-0.1, -0.05) is 12.8 Å². The topological polar surface area (TPSA) is 75.5 Å². The van der Waals surface area contributed by atoms with Crippen molar-refractivity contribution in [1.82, 2.24) is 15.1 Å². The molecule has 6 nitrogen and oxygen atoms in total. The largest absolute Gasteiger partial charge is 0.444 e. The van der Waals surface area contributed by atoms with Crippen molar-refractivity contribution >= 4 is 15.9 Å². The zero-order valence-corrected chi connectivity index (χ0v) is 13.3. The first-order valence-corrected chi connectivity index (χ1v) is 7.98. The van der Waals surface area contributed by atoms with E-state index < -0.39 is 0 Å². The zero-order valence-electron chi connectivity index (χ0n) is 11.7. The first-order valence-electron chi connectivity index (χ1n) is 7.19. The van der Waals surface area contributed by atoms with Crippen LogP contribution in [0.4, 0.5) is 0 Å². The van der Waals surface area contributed by atoms with Crippen molar-refractivity contribution in [3.8, 4) is 11.7 Å². The molecule has 0 radical (unpaired) electrons. The quantitative estimate of drug-likeness (QED) is 0.908. The number of hydrogen-bond acceptors (Lipinski definition) is 6. The predicted octanol–water partition coefficient (Wildman–Crippen LogP) is 2.83. The molecular weight excluding hydrogens is 338 g/mol. The summed E-state index contributed by atoms with van der Waals surface area (Å²) in [6.07, 6.45) is 4.53. The Morgan fingerprint density at radius 1 is 1.24 bits per heavy atom. The molecule has 2 aromatic rings. The van der Waals surface area contributed by atoms with E-state index in [-0.39, 0.29) is 12.6 Å². The molecule has 3 heterocycles. The van der Waals surface area contributed by atoms with Gasteiger partial charge in [0.05, 0.1) is 13.2 Å². The summed E-state index contributed by atoms with van der Waals surface area (Å²) >= 11 is 3.25. The van der Waals surface area contributed by atoms with E-state index in [1.807, 2.05) is 0 Å². The van der Waals surface area contributed by atoms with E-state index in [0.717, 1.165) is 25.8 Å². The van der Waals surface area contributed by atoms with Crippen LogP contribution in [0.15, 0.2) is 25.6 Å². The summed E-state index contributed by atoms with van der Waals surface area (Å²) in [5.74, 6) is 1.49. The fourth-order valence-electron chi connectivity index (χ4n) is 2.67. The second kappa shape index (κ2) is 6.72. The Bertz CT molecular complexity index is 584. The summed E-state index contributed by atoms with van der Waals surface area (Å²) in [5, 5.41) is 17.6. The number of aliphatic hydroxyl groups is 1. The molecule has 1 unspecified atom stereocenters. The lowest BCUT2D eigenvalue weighted by Crippen LogP contribution is -2.37. The highest BCUT2D eigenvalue weighted by Gasteiger charge is 2.23. The van der Waals surface area contributed by atoms with Gasteiger partial charge in [0.15, 0.2) is 10.4 Å². The summed E-state index contributed by atoms with van der Waals surface area (Å²) < 4.78 is 11.7. The van der Waals surface area contributed by atoms with Crippen molar-refractivity contribution in [2.45, 2.75) is 38.3 Å². The van der Waals surface area contributed by atoms with Crippen molar-refractivity contribution < 1.29 is 13.9 Å². The van der Waals surface area contributed by atoms with Crippen LogP contribution in [0.1, 0.15) is 31.6 Å². The van der Waals surface area contributed by atoms with Crippen LogP contribution in [0.5, 0.6) is 0 Å². The van der Waals surface area contributed by atoms with Crippen LogP contribution in [0.2, 0.25) is 0 Å². The molecule has 1 saturated heterocycles. The molecule has 2 aromatic heterocycles. The van der Waals surface area contributed by atoms with Gasteiger partial charge in [-0.25, -0.2) is 0 Å². The second-order valence-electron chi connectivity index (χ2n) is 5.26. The molecular formula is C14H18BrN3O3. The van der Waals surface area contributed by atoms with Gasteiger partial charge in [0.2, 0.25) is 5.89 Å². The Morgan fingerprint density at radius 3 is 2.90 bits per heavy atom. The number of likely N-dealkylation sites (tertiary alicyclic amines) is 1. The molecule has 114 valence electrons. The third-order valence-electron chi connectivity index (χ3n) is 3.80. The molecule has 1 aliphatic rings. The van der Waals surface area contributed by atoms with Crippen LogP contribution in [0, 0.1) is 0 Å². The highest BCUT2D eigenvalue weighted by atomic mass is 79.9. The van der Waals surface area contributed by atoms with E-state index in [1.165, 1.54) is 6.42 Å². The lowest BCUT2D eigenvalue weighted by molar-refractivity contribution is 0.110. The van der Waals surface area contributed by atoms with Crippen molar-refractivity contribution in [2.75, 3.05) is 13.2 Å². The molecule has 1 atom stereocenters. The molecule has 0 amide bonds. The van der Waals surface area contributed by atoms with Gasteiger partial charge in [-0.3, -0.25) is 4.90 Å². The van der Waals surface area contributed by atoms with Crippen LogP contribution >= 0.6 is 15.9 Å². The molecule has 1 N–H and O–H groups in total. The molecule has 7 heteroatoms. The van der Waals surface area contributed by atoms with Gasteiger partial charge in [-0.2, -0.15) is 0 Å². The summed E-state index contributed by atoms with van der Waals surface area (Å²) in [5.41, 5.74) is 0. The third kappa shape index (κ3) is 3.53. The standard InChI is InChI=1S/C14H18BrN3O3/c15-12-6-5-11(20-12)14-17-16-13(21-14)8-18-7-3-1-2-4-10(18)9-19/h5-6,10,19H,1-4,7-9H2. The van der Waals surface area contributed by atoms with Gasteiger partial charge in [0.25, 0.3) is 5.89 Å². The average Bonchev–Trinajstić information content (AvgIpc) is 3.04. The minimum Gasteiger partial charge on any atom is -0.444 e. The monoisotopic (exact) mass is 355 g/mol. The van der Waals surface area contributed by atoms with Gasteiger partial charge in [0.1, 0.15) is 0 Å². The van der Waals surface area contributed by atoms with Crippen molar-refractivity contribution in [3.63, 3.8) is 0 Å². The molecule has 3 rings (SSSR count). The van der Waals surface area contributed by atoms with Crippen LogP contribution in [0.3, 0.4) is 0 Å². The minimum atomic E-state index is 0.173. The molecule has 0 aliphatic carbocycles. The summed E-state index contributed by atoms with van der Waals surface area (Å²) in [4.78, 5) is 2.22. The Labute approximate surface area is 131 Å². The number of nitrogens with zero attached hydrogens (tertiary/aromatic N) is 3. The van der Waals surface area contributed by atoms with Gasteiger partial charge in [-0.05, 0) is 47.4 Å². The lowest BCUT2D eigenvalue weighted by atomic mass is 10.1. The number of hydrogen-bond donors (Lipinski definition) is 1. The van der Waals surface area contributed by atoms with Gasteiger partial charge >= 0.3 is 0 Å². The van der Waals surface area contributed by atoms with Gasteiger partial charge < -0.3 is 13.9 Å². The fourth-order valence-corrected chi connectivity index (χ4v) is 2.98. The van der Waals surface area contributed by atoms with E-state index >= 15 is 0 Å². The predicted molar refractivity (Wildman–Crippen MR) is 79.5 cm³/mol. The lowest BCUT2D eigenvalue weighted by Gasteiger charge is -2.26. The number of aromatic nitrogens is 2. The van der Waals surface area contributed by atoms with Crippen molar-refractivity contribution in [3.05, 3.63) is 22.7 Å². The number of aliphatic hydroxyl groups excluding tert-OH is 1. The van der Waals surface area contributed by atoms with Gasteiger partial charge in [-0.15, -0.1) is 10.2 Å². The Morgan fingerprint density at radius 2 is 2.14 bits per heavy atom. The maximum absolute atomic E-state index is 9.52. The average molecular weight is 356 g/mol. The molecule has 1 fully saturated rings. The van der Waals surface area contributed by atoms with E-state index in [4.69, 9.17) is 8.83 Å². The highest BCUT2D eigenvalue weighted by Crippen LogP contribution is 2.25. The van der Waals surface area contributed by atoms with E-state index in [1.54, 1.807) is 12.1 Å². The molecule has 0 spiro atoms. The fraction of sp³-hybridized carbons (Fsp3) is 0.571. The van der Waals surface area contributed by atoms with E-state index in [9.17, 15) is 5.11 Å². The molecule has 1 aliphatic heterocycles. The van der Waals surface area contributed by atoms with Crippen molar-refractivity contribution in [1.29, 1.82) is 0 Å². The first-order chi connectivity index (χ1) is 10.3. The van der Waals surface area contributed by atoms with Crippen LogP contribution in [-0.4, -0.2) is 39.4 Å². The Balaban J connectivity index is 1.71. The van der Waals surface area contributed by atoms with Crippen LogP contribution in [0.25, 0.3) is 11.7 Å². The van der Waals surface area contributed by atoms with Crippen LogP contribution < -0.4 is 0 Å². The van der Waals surface area contributed by atoms with Crippen LogP contribution in [-0.2, 0) is 6.54 Å². The summed E-state index contributed by atoms with van der Waals surface area (Å²) in [7, 11) is 0. The smallest absolute Gasteiger partial charge is 0.283 e. The number of furan rings is 1. The van der Waals surface area contributed by atoms with E-state index in [2.05, 4.69) is 31.0 Å². The summed E-state index contributed by atoms with van der Waals surface area (Å²) in [6.45, 7) is 1.70. The van der Waals surface area contributed by atoms with Crippen molar-refractivity contribution in [2.24, 2.45) is 0 Å². The first kappa shape index (κ1) is 14.7. The normalized spacial score (nSPS) is 20.6. The molecule has 0 bridgehead atoms. The molecule has 21 heavy (non-hydrogen) atoms.